The molecule has 13 heavy (non-hydrogen) atoms. The lowest BCUT2D eigenvalue weighted by molar-refractivity contribution is -0.132. The molecular formula is C8H14BrNO3. The summed E-state index contributed by atoms with van der Waals surface area (Å²) in [6.07, 6.45) is -0.241. The van der Waals surface area contributed by atoms with Gasteiger partial charge >= 0.3 is 0 Å². The van der Waals surface area contributed by atoms with Gasteiger partial charge in [0.25, 0.3) is 0 Å². The molecule has 1 saturated heterocycles. The van der Waals surface area contributed by atoms with E-state index < -0.39 is 12.1 Å². The molecule has 1 aliphatic heterocycles. The molecule has 0 spiro atoms. The van der Waals surface area contributed by atoms with Crippen LogP contribution in [0.2, 0.25) is 0 Å². The first kappa shape index (κ1) is 10.9. The van der Waals surface area contributed by atoms with Gasteiger partial charge in [0.1, 0.15) is 0 Å². The number of likely N-dealkylation sites (tertiary alicyclic amines) is 1. The topological polar surface area (TPSA) is 60.8 Å². The Morgan fingerprint density at radius 2 is 2.38 bits per heavy atom. The second-order valence-electron chi connectivity index (χ2n) is 3.34. The molecule has 4 nitrogen and oxygen atoms in total. The molecule has 0 aliphatic carbocycles. The largest absolute Gasteiger partial charge is 0.394 e. The summed E-state index contributed by atoms with van der Waals surface area (Å²) in [7, 11) is 0. The van der Waals surface area contributed by atoms with E-state index in [0.717, 1.165) is 0 Å². The first-order chi connectivity index (χ1) is 6.06. The summed E-state index contributed by atoms with van der Waals surface area (Å²) in [5.41, 5.74) is 0. The van der Waals surface area contributed by atoms with Gasteiger partial charge < -0.3 is 15.1 Å². The highest BCUT2D eigenvalue weighted by Crippen LogP contribution is 2.21. The van der Waals surface area contributed by atoms with E-state index in [1.54, 1.807) is 6.92 Å². The van der Waals surface area contributed by atoms with E-state index in [4.69, 9.17) is 5.11 Å². The monoisotopic (exact) mass is 251 g/mol. The van der Waals surface area contributed by atoms with Crippen LogP contribution in [0.1, 0.15) is 13.3 Å². The number of aliphatic hydroxyl groups excluding tert-OH is 2. The molecule has 1 fully saturated rings. The van der Waals surface area contributed by atoms with Crippen LogP contribution in [0.25, 0.3) is 0 Å². The summed E-state index contributed by atoms with van der Waals surface area (Å²) in [4.78, 5) is 13.0. The van der Waals surface area contributed by atoms with Gasteiger partial charge in [-0.1, -0.05) is 15.9 Å². The maximum Gasteiger partial charge on any atom is 0.224 e. The van der Waals surface area contributed by atoms with Gasteiger partial charge in [-0.05, 0) is 6.92 Å². The van der Waals surface area contributed by atoms with Crippen LogP contribution in [-0.4, -0.2) is 51.1 Å². The number of aliphatic hydroxyl groups is 2. The third-order valence-corrected chi connectivity index (χ3v) is 2.87. The minimum absolute atomic E-state index is 0.0122. The summed E-state index contributed by atoms with van der Waals surface area (Å²) >= 11 is 3.34. The molecule has 2 N–H and O–H groups in total. The maximum absolute atomic E-state index is 11.4. The predicted octanol–water partition coefficient (Wildman–Crippen LogP) is -0.276. The van der Waals surface area contributed by atoms with Crippen molar-refractivity contribution in [2.45, 2.75) is 30.3 Å². The van der Waals surface area contributed by atoms with E-state index in [2.05, 4.69) is 15.9 Å². The van der Waals surface area contributed by atoms with E-state index in [0.29, 0.717) is 13.0 Å². The molecule has 1 heterocycles. The van der Waals surface area contributed by atoms with Crippen molar-refractivity contribution in [3.05, 3.63) is 0 Å². The van der Waals surface area contributed by atoms with Crippen molar-refractivity contribution in [1.29, 1.82) is 0 Å². The summed E-state index contributed by atoms with van der Waals surface area (Å²) in [5.74, 6) is -0.0122. The summed E-state index contributed by atoms with van der Waals surface area (Å²) in [6, 6.07) is -0.463. The first-order valence-electron chi connectivity index (χ1n) is 4.28. The lowest BCUT2D eigenvalue weighted by atomic mass is 10.2. The van der Waals surface area contributed by atoms with Crippen molar-refractivity contribution in [2.75, 3.05) is 13.2 Å². The minimum atomic E-state index is -0.688. The molecule has 0 bridgehead atoms. The Bertz CT molecular complexity index is 198. The van der Waals surface area contributed by atoms with Gasteiger partial charge in [-0.2, -0.15) is 0 Å². The molecule has 5 heteroatoms. The van der Waals surface area contributed by atoms with Gasteiger partial charge in [0.2, 0.25) is 5.91 Å². The Balaban J connectivity index is 2.64. The summed E-state index contributed by atoms with van der Waals surface area (Å²) in [5, 5.41) is 18.3. The van der Waals surface area contributed by atoms with Gasteiger partial charge in [0, 0.05) is 17.8 Å². The van der Waals surface area contributed by atoms with E-state index in [-0.39, 0.29) is 17.3 Å². The van der Waals surface area contributed by atoms with Gasteiger partial charge in [-0.3, -0.25) is 4.79 Å². The van der Waals surface area contributed by atoms with Crippen LogP contribution < -0.4 is 0 Å². The summed E-state index contributed by atoms with van der Waals surface area (Å²) in [6.45, 7) is 1.95. The Hall–Kier alpha value is -0.130. The van der Waals surface area contributed by atoms with Crippen molar-refractivity contribution in [1.82, 2.24) is 4.90 Å². The zero-order valence-corrected chi connectivity index (χ0v) is 9.07. The van der Waals surface area contributed by atoms with Gasteiger partial charge in [0.05, 0.1) is 18.8 Å². The molecule has 76 valence electrons. The standard InChI is InChI=1S/C8H14BrNO3/c1-5(12)7(4-11)10-3-6(9)2-8(10)13/h5-7,11-12H,2-4H2,1H3/t5-,6?,7-/m1/s1. The predicted molar refractivity (Wildman–Crippen MR) is 51.6 cm³/mol. The molecule has 0 radical (unpaired) electrons. The second-order valence-corrected chi connectivity index (χ2v) is 4.63. The average molecular weight is 252 g/mol. The van der Waals surface area contributed by atoms with Crippen molar-refractivity contribution >= 4 is 21.8 Å². The van der Waals surface area contributed by atoms with Crippen LogP contribution >= 0.6 is 15.9 Å². The van der Waals surface area contributed by atoms with Crippen LogP contribution in [0, 0.1) is 0 Å². The molecule has 1 unspecified atom stereocenters. The van der Waals surface area contributed by atoms with E-state index in [1.807, 2.05) is 0 Å². The quantitative estimate of drug-likeness (QED) is 0.679. The average Bonchev–Trinajstić information content (AvgIpc) is 2.31. The Morgan fingerprint density at radius 1 is 1.77 bits per heavy atom. The van der Waals surface area contributed by atoms with Crippen LogP contribution in [-0.2, 0) is 4.79 Å². The van der Waals surface area contributed by atoms with Crippen LogP contribution in [0.4, 0.5) is 0 Å². The van der Waals surface area contributed by atoms with Crippen molar-refractivity contribution in [3.8, 4) is 0 Å². The fourth-order valence-electron chi connectivity index (χ4n) is 1.52. The van der Waals surface area contributed by atoms with E-state index >= 15 is 0 Å². The van der Waals surface area contributed by atoms with Crippen LogP contribution in [0.15, 0.2) is 0 Å². The number of carbonyl (C=O) groups excluding carboxylic acids is 1. The SMILES string of the molecule is C[C@@H](O)[C@@H](CO)N1CC(Br)CC1=O. The number of nitrogens with zero attached hydrogens (tertiary/aromatic N) is 1. The maximum atomic E-state index is 11.4. The van der Waals surface area contributed by atoms with Gasteiger partial charge in [0.15, 0.2) is 0 Å². The normalized spacial score (nSPS) is 27.8. The number of alkyl halides is 1. The minimum Gasteiger partial charge on any atom is -0.394 e. The van der Waals surface area contributed by atoms with Crippen molar-refractivity contribution in [2.24, 2.45) is 0 Å². The van der Waals surface area contributed by atoms with Crippen LogP contribution in [0.3, 0.4) is 0 Å². The number of hydrogen-bond donors (Lipinski definition) is 2. The number of hydrogen-bond acceptors (Lipinski definition) is 3. The molecule has 0 aromatic heterocycles. The molecule has 0 saturated carbocycles. The molecule has 3 atom stereocenters. The van der Waals surface area contributed by atoms with Crippen LogP contribution in [0.5, 0.6) is 0 Å². The van der Waals surface area contributed by atoms with E-state index in [1.165, 1.54) is 4.90 Å². The number of amides is 1. The smallest absolute Gasteiger partial charge is 0.224 e. The lowest BCUT2D eigenvalue weighted by Gasteiger charge is -2.28. The van der Waals surface area contributed by atoms with Crippen molar-refractivity contribution < 1.29 is 15.0 Å². The van der Waals surface area contributed by atoms with Crippen molar-refractivity contribution in [3.63, 3.8) is 0 Å². The molecule has 1 rings (SSSR count). The molecule has 1 aliphatic rings. The fourth-order valence-corrected chi connectivity index (χ4v) is 2.11. The number of rotatable bonds is 3. The van der Waals surface area contributed by atoms with Gasteiger partial charge in [-0.15, -0.1) is 0 Å². The Kier molecular flexibility index (Phi) is 3.70. The highest BCUT2D eigenvalue weighted by atomic mass is 79.9. The molecule has 0 aromatic rings. The molecular weight excluding hydrogens is 238 g/mol. The van der Waals surface area contributed by atoms with Gasteiger partial charge in [-0.25, -0.2) is 0 Å². The third kappa shape index (κ3) is 2.42. The zero-order valence-electron chi connectivity index (χ0n) is 7.48. The fraction of sp³-hybridized carbons (Fsp3) is 0.875. The number of carbonyl (C=O) groups is 1. The molecule has 0 aromatic carbocycles. The molecule has 1 amide bonds. The Morgan fingerprint density at radius 3 is 2.69 bits per heavy atom. The zero-order chi connectivity index (χ0) is 10.0. The highest BCUT2D eigenvalue weighted by molar-refractivity contribution is 9.09. The number of halogens is 1. The third-order valence-electron chi connectivity index (χ3n) is 2.26. The second kappa shape index (κ2) is 4.39. The lowest BCUT2D eigenvalue weighted by Crippen LogP contribution is -2.45. The Labute approximate surface area is 85.7 Å². The summed E-state index contributed by atoms with van der Waals surface area (Å²) < 4.78 is 0. The highest BCUT2D eigenvalue weighted by Gasteiger charge is 2.34. The first-order valence-corrected chi connectivity index (χ1v) is 5.20. The van der Waals surface area contributed by atoms with E-state index in [9.17, 15) is 9.90 Å².